The fourth-order valence-corrected chi connectivity index (χ4v) is 4.11. The molecule has 0 spiro atoms. The van der Waals surface area contributed by atoms with Crippen LogP contribution in [0, 0.1) is 0 Å². The fourth-order valence-electron chi connectivity index (χ4n) is 4.11. The predicted octanol–water partition coefficient (Wildman–Crippen LogP) is 6.94. The highest BCUT2D eigenvalue weighted by molar-refractivity contribution is 5.77. The van der Waals surface area contributed by atoms with Crippen LogP contribution in [0.1, 0.15) is 35.6 Å². The molecule has 3 aromatic rings. The van der Waals surface area contributed by atoms with Crippen LogP contribution in [0.2, 0.25) is 0 Å². The molecule has 0 nitrogen and oxygen atoms in total. The van der Waals surface area contributed by atoms with Crippen molar-refractivity contribution in [1.82, 2.24) is 0 Å². The van der Waals surface area contributed by atoms with Gasteiger partial charge in [0.25, 0.3) is 0 Å². The Morgan fingerprint density at radius 3 is 1.89 bits per heavy atom. The SMILES string of the molecule is C=C1/C=C\C(C)=C/CC(c2ccccc2)(c2ccccc2)c2ccccc21. The van der Waals surface area contributed by atoms with Crippen molar-refractivity contribution in [2.75, 3.05) is 0 Å². The first-order chi connectivity index (χ1) is 13.2. The molecule has 0 bridgehead atoms. The molecule has 3 aromatic carbocycles. The monoisotopic (exact) mass is 348 g/mol. The Morgan fingerprint density at radius 1 is 0.704 bits per heavy atom. The van der Waals surface area contributed by atoms with Crippen molar-refractivity contribution < 1.29 is 0 Å². The summed E-state index contributed by atoms with van der Waals surface area (Å²) in [7, 11) is 0. The Balaban J connectivity index is 2.12. The summed E-state index contributed by atoms with van der Waals surface area (Å²) in [6.07, 6.45) is 7.56. The molecule has 0 heterocycles. The van der Waals surface area contributed by atoms with Crippen LogP contribution in [0.3, 0.4) is 0 Å². The first-order valence-corrected chi connectivity index (χ1v) is 9.46. The fraction of sp³-hybridized carbons (Fsp3) is 0.111. The first kappa shape index (κ1) is 17.3. The van der Waals surface area contributed by atoms with Crippen LogP contribution in [0.25, 0.3) is 5.57 Å². The Kier molecular flexibility index (Phi) is 4.64. The highest BCUT2D eigenvalue weighted by Gasteiger charge is 2.37. The molecular weight excluding hydrogens is 324 g/mol. The van der Waals surface area contributed by atoms with Gasteiger partial charge in [0.15, 0.2) is 0 Å². The van der Waals surface area contributed by atoms with E-state index in [1.165, 1.54) is 27.8 Å². The molecule has 0 atom stereocenters. The zero-order valence-corrected chi connectivity index (χ0v) is 15.7. The average molecular weight is 348 g/mol. The van der Waals surface area contributed by atoms with Gasteiger partial charge in [0.2, 0.25) is 0 Å². The first-order valence-electron chi connectivity index (χ1n) is 9.46. The third-order valence-corrected chi connectivity index (χ3v) is 5.54. The van der Waals surface area contributed by atoms with Crippen LogP contribution < -0.4 is 0 Å². The maximum Gasteiger partial charge on any atom is 0.0491 e. The topological polar surface area (TPSA) is 0 Å². The summed E-state index contributed by atoms with van der Waals surface area (Å²) in [5, 5.41) is 0. The molecule has 0 fully saturated rings. The standard InChI is InChI=1S/C27H24/c1-21-17-18-22(2)25-15-9-10-16-26(25)27(20-19-21,23-11-5-3-6-12-23)24-13-7-4-8-14-24/h3-19H,2,20H2,1H3/b18-17-,21-19-. The molecule has 0 N–H and O–H groups in total. The number of allylic oxidation sites excluding steroid dienone is 5. The third-order valence-electron chi connectivity index (χ3n) is 5.54. The minimum absolute atomic E-state index is 0.255. The van der Waals surface area contributed by atoms with E-state index in [1.807, 2.05) is 0 Å². The minimum Gasteiger partial charge on any atom is -0.0911 e. The van der Waals surface area contributed by atoms with E-state index in [0.29, 0.717) is 0 Å². The molecule has 0 amide bonds. The summed E-state index contributed by atoms with van der Waals surface area (Å²) >= 11 is 0. The van der Waals surface area contributed by atoms with Gasteiger partial charge in [0, 0.05) is 5.41 Å². The predicted molar refractivity (Wildman–Crippen MR) is 116 cm³/mol. The zero-order chi connectivity index (χ0) is 18.7. The van der Waals surface area contributed by atoms with Gasteiger partial charge in [0.1, 0.15) is 0 Å². The highest BCUT2D eigenvalue weighted by Crippen LogP contribution is 2.45. The number of fused-ring (bicyclic) bond motifs is 1. The van der Waals surface area contributed by atoms with Crippen molar-refractivity contribution in [2.45, 2.75) is 18.8 Å². The smallest absolute Gasteiger partial charge is 0.0491 e. The molecular formula is C27H24. The maximum absolute atomic E-state index is 4.37. The quantitative estimate of drug-likeness (QED) is 0.470. The Morgan fingerprint density at radius 2 is 1.26 bits per heavy atom. The lowest BCUT2D eigenvalue weighted by molar-refractivity contribution is 0.624. The third kappa shape index (κ3) is 3.08. The van der Waals surface area contributed by atoms with E-state index in [9.17, 15) is 0 Å². The zero-order valence-electron chi connectivity index (χ0n) is 15.7. The maximum atomic E-state index is 4.37. The summed E-state index contributed by atoms with van der Waals surface area (Å²) in [6, 6.07) is 30.4. The van der Waals surface area contributed by atoms with Gasteiger partial charge in [-0.3, -0.25) is 0 Å². The second-order valence-corrected chi connectivity index (χ2v) is 7.19. The van der Waals surface area contributed by atoms with Gasteiger partial charge in [-0.1, -0.05) is 115 Å². The van der Waals surface area contributed by atoms with E-state index in [-0.39, 0.29) is 5.41 Å². The van der Waals surface area contributed by atoms with Crippen LogP contribution in [-0.4, -0.2) is 0 Å². The van der Waals surface area contributed by atoms with Crippen molar-refractivity contribution in [3.05, 3.63) is 138 Å². The number of rotatable bonds is 2. The van der Waals surface area contributed by atoms with E-state index < -0.39 is 0 Å². The number of benzene rings is 3. The highest BCUT2D eigenvalue weighted by atomic mass is 14.4. The molecule has 0 radical (unpaired) electrons. The number of hydrogen-bond donors (Lipinski definition) is 0. The molecule has 0 aromatic heterocycles. The Hall–Kier alpha value is -3.12. The van der Waals surface area contributed by atoms with Crippen molar-refractivity contribution >= 4 is 5.57 Å². The molecule has 0 unspecified atom stereocenters. The van der Waals surface area contributed by atoms with Gasteiger partial charge in [-0.2, -0.15) is 0 Å². The molecule has 0 saturated heterocycles. The molecule has 1 aliphatic rings. The van der Waals surface area contributed by atoms with Gasteiger partial charge in [-0.05, 0) is 41.2 Å². The van der Waals surface area contributed by atoms with Crippen LogP contribution >= 0.6 is 0 Å². The Bertz CT molecular complexity index is 965. The molecule has 0 saturated carbocycles. The van der Waals surface area contributed by atoms with Crippen LogP contribution in [0.5, 0.6) is 0 Å². The van der Waals surface area contributed by atoms with Crippen molar-refractivity contribution in [2.24, 2.45) is 0 Å². The summed E-state index contributed by atoms with van der Waals surface area (Å²) < 4.78 is 0. The van der Waals surface area contributed by atoms with Crippen LogP contribution in [0.4, 0.5) is 0 Å². The van der Waals surface area contributed by atoms with E-state index >= 15 is 0 Å². The van der Waals surface area contributed by atoms with Gasteiger partial charge in [0.05, 0.1) is 0 Å². The van der Waals surface area contributed by atoms with E-state index in [2.05, 4.69) is 117 Å². The number of hydrogen-bond acceptors (Lipinski definition) is 0. The van der Waals surface area contributed by atoms with Gasteiger partial charge >= 0.3 is 0 Å². The van der Waals surface area contributed by atoms with E-state index in [1.54, 1.807) is 0 Å². The second-order valence-electron chi connectivity index (χ2n) is 7.19. The molecule has 27 heavy (non-hydrogen) atoms. The molecule has 0 heteroatoms. The summed E-state index contributed by atoms with van der Waals surface area (Å²) in [6.45, 7) is 6.54. The summed E-state index contributed by atoms with van der Waals surface area (Å²) in [5.74, 6) is 0. The molecule has 132 valence electrons. The van der Waals surface area contributed by atoms with Crippen LogP contribution in [-0.2, 0) is 5.41 Å². The molecule has 0 aliphatic heterocycles. The lowest BCUT2D eigenvalue weighted by Gasteiger charge is -2.37. The largest absolute Gasteiger partial charge is 0.0911 e. The summed E-state index contributed by atoms with van der Waals surface area (Å²) in [4.78, 5) is 0. The average Bonchev–Trinajstić information content (AvgIpc) is 2.79. The minimum atomic E-state index is -0.255. The van der Waals surface area contributed by atoms with E-state index in [4.69, 9.17) is 0 Å². The van der Waals surface area contributed by atoms with Gasteiger partial charge in [-0.25, -0.2) is 0 Å². The van der Waals surface area contributed by atoms with Crippen molar-refractivity contribution in [1.29, 1.82) is 0 Å². The second kappa shape index (κ2) is 7.25. The molecule has 4 rings (SSSR count). The van der Waals surface area contributed by atoms with E-state index in [0.717, 1.165) is 12.0 Å². The van der Waals surface area contributed by atoms with Gasteiger partial charge in [-0.15, -0.1) is 0 Å². The lowest BCUT2D eigenvalue weighted by atomic mass is 9.65. The van der Waals surface area contributed by atoms with Crippen LogP contribution in [0.15, 0.2) is 115 Å². The van der Waals surface area contributed by atoms with Crippen molar-refractivity contribution in [3.8, 4) is 0 Å². The molecule has 1 aliphatic carbocycles. The van der Waals surface area contributed by atoms with Crippen molar-refractivity contribution in [3.63, 3.8) is 0 Å². The lowest BCUT2D eigenvalue weighted by Crippen LogP contribution is -2.30. The van der Waals surface area contributed by atoms with Gasteiger partial charge < -0.3 is 0 Å². The normalized spacial score (nSPS) is 19.0. The Labute approximate surface area is 162 Å². The summed E-state index contributed by atoms with van der Waals surface area (Å²) in [5.41, 5.74) is 7.20.